The van der Waals surface area contributed by atoms with Crippen molar-refractivity contribution >= 4 is 29.5 Å². The molecule has 0 aliphatic carbocycles. The third-order valence-electron chi connectivity index (χ3n) is 5.70. The summed E-state index contributed by atoms with van der Waals surface area (Å²) in [5.41, 5.74) is 0.512. The van der Waals surface area contributed by atoms with E-state index in [0.29, 0.717) is 12.3 Å². The van der Waals surface area contributed by atoms with Gasteiger partial charge < -0.3 is 19.1 Å². The number of allylic oxidation sites excluding steroid dienone is 1. The van der Waals surface area contributed by atoms with Crippen LogP contribution in [0, 0.1) is 11.8 Å². The van der Waals surface area contributed by atoms with Crippen LogP contribution in [-0.2, 0) is 33.4 Å². The molecular formula is C21H30N2O7. The van der Waals surface area contributed by atoms with Crippen molar-refractivity contribution in [2.75, 3.05) is 27.4 Å². The van der Waals surface area contributed by atoms with Gasteiger partial charge in [0.15, 0.2) is 6.61 Å². The molecular weight excluding hydrogens is 392 g/mol. The molecule has 0 bridgehead atoms. The summed E-state index contributed by atoms with van der Waals surface area (Å²) in [5.74, 6) is -5.08. The number of nitrogens with zero attached hydrogens (tertiary/aromatic N) is 2. The number of rotatable bonds is 6. The molecule has 0 radical (unpaired) electrons. The largest absolute Gasteiger partial charge is 0.468 e. The molecule has 2 rings (SSSR count). The van der Waals surface area contributed by atoms with Gasteiger partial charge in [0.25, 0.3) is 5.91 Å². The van der Waals surface area contributed by atoms with Gasteiger partial charge in [0, 0.05) is 24.0 Å². The van der Waals surface area contributed by atoms with Crippen LogP contribution in [0.25, 0.3) is 0 Å². The monoisotopic (exact) mass is 422 g/mol. The minimum absolute atomic E-state index is 0.0691. The topological polar surface area (TPSA) is 112 Å². The minimum Gasteiger partial charge on any atom is -0.468 e. The van der Waals surface area contributed by atoms with Gasteiger partial charge in [-0.15, -0.1) is 0 Å². The van der Waals surface area contributed by atoms with E-state index in [1.165, 1.54) is 14.2 Å². The Labute approximate surface area is 176 Å². The molecule has 2 aliphatic heterocycles. The summed E-state index contributed by atoms with van der Waals surface area (Å²) in [6.45, 7) is 5.31. The number of methoxy groups -OCH3 is 2. The molecule has 0 spiro atoms. The summed E-state index contributed by atoms with van der Waals surface area (Å²) in [6, 6.07) is 0.129. The third-order valence-corrected chi connectivity index (χ3v) is 5.70. The van der Waals surface area contributed by atoms with Crippen molar-refractivity contribution in [1.82, 2.24) is 4.90 Å². The van der Waals surface area contributed by atoms with Crippen molar-refractivity contribution in [3.8, 4) is 0 Å². The first kappa shape index (κ1) is 23.6. The van der Waals surface area contributed by atoms with Crippen molar-refractivity contribution in [1.29, 1.82) is 0 Å². The Morgan fingerprint density at radius 1 is 1.03 bits per heavy atom. The van der Waals surface area contributed by atoms with E-state index >= 15 is 0 Å². The maximum atomic E-state index is 13.0. The molecule has 0 aromatic carbocycles. The highest BCUT2D eigenvalue weighted by molar-refractivity contribution is 6.10. The first-order valence-corrected chi connectivity index (χ1v) is 10.1. The number of piperidine rings is 1. The zero-order valence-electron chi connectivity index (χ0n) is 18.2. The lowest BCUT2D eigenvalue weighted by Crippen LogP contribution is -2.46. The second-order valence-corrected chi connectivity index (χ2v) is 7.48. The van der Waals surface area contributed by atoms with E-state index in [1.54, 1.807) is 18.7 Å². The lowest BCUT2D eigenvalue weighted by atomic mass is 9.80. The Morgan fingerprint density at radius 3 is 2.33 bits per heavy atom. The van der Waals surface area contributed by atoms with Gasteiger partial charge in [0.05, 0.1) is 19.8 Å². The van der Waals surface area contributed by atoms with Crippen LogP contribution in [0.5, 0.6) is 0 Å². The lowest BCUT2D eigenvalue weighted by molar-refractivity contribution is -0.160. The molecule has 3 atom stereocenters. The van der Waals surface area contributed by atoms with E-state index in [2.05, 4.69) is 4.99 Å². The quantitative estimate of drug-likeness (QED) is 0.472. The van der Waals surface area contributed by atoms with Crippen molar-refractivity contribution in [3.05, 3.63) is 11.3 Å². The highest BCUT2D eigenvalue weighted by Gasteiger charge is 2.46. The molecule has 9 heteroatoms. The molecule has 30 heavy (non-hydrogen) atoms. The van der Waals surface area contributed by atoms with Gasteiger partial charge in [0.1, 0.15) is 11.8 Å². The van der Waals surface area contributed by atoms with Gasteiger partial charge in [-0.25, -0.2) is 4.79 Å². The van der Waals surface area contributed by atoms with E-state index in [4.69, 9.17) is 14.2 Å². The predicted octanol–water partition coefficient (Wildman–Crippen LogP) is 1.65. The number of amides is 1. The molecule has 1 amide bonds. The van der Waals surface area contributed by atoms with Crippen LogP contribution >= 0.6 is 0 Å². The van der Waals surface area contributed by atoms with Crippen LogP contribution in [0.2, 0.25) is 0 Å². The molecule has 9 nitrogen and oxygen atoms in total. The summed E-state index contributed by atoms with van der Waals surface area (Å²) in [5, 5.41) is 0. The number of esters is 3. The molecule has 166 valence electrons. The average molecular weight is 422 g/mol. The smallest absolute Gasteiger partial charge is 0.336 e. The first-order valence-electron chi connectivity index (χ1n) is 10.1. The molecule has 2 aliphatic rings. The maximum absolute atomic E-state index is 13.0. The van der Waals surface area contributed by atoms with Crippen LogP contribution in [0.15, 0.2) is 16.3 Å². The molecule has 2 heterocycles. The minimum atomic E-state index is -1.29. The summed E-state index contributed by atoms with van der Waals surface area (Å²) in [6.07, 6.45) is 3.73. The molecule has 0 aromatic heterocycles. The Hall–Kier alpha value is -2.71. The fraction of sp³-hybridized carbons (Fsp3) is 0.667. The van der Waals surface area contributed by atoms with E-state index in [1.807, 2.05) is 6.92 Å². The molecule has 0 saturated carbocycles. The second-order valence-electron chi connectivity index (χ2n) is 7.48. The molecule has 1 fully saturated rings. The third kappa shape index (κ3) is 4.88. The number of carbonyl (C=O) groups is 4. The zero-order valence-corrected chi connectivity index (χ0v) is 18.2. The standard InChI is InChI=1S/C21H30N2O7/c1-6-14-9-7-8-10-23(14)15(24)11-30-21(27)18-16(19(25)28-4)12(2)22-13(3)17(18)20(26)29-5/h14,16,18H,6-11H2,1-5H3/t14-,16?,18+/m1/s1. The number of ether oxygens (including phenoxy) is 3. The summed E-state index contributed by atoms with van der Waals surface area (Å²) in [4.78, 5) is 56.3. The maximum Gasteiger partial charge on any atom is 0.336 e. The molecule has 1 unspecified atom stereocenters. The Morgan fingerprint density at radius 2 is 1.73 bits per heavy atom. The Kier molecular flexibility index (Phi) is 8.14. The average Bonchev–Trinajstić information content (AvgIpc) is 2.75. The van der Waals surface area contributed by atoms with Gasteiger partial charge in [-0.05, 0) is 39.5 Å². The van der Waals surface area contributed by atoms with Gasteiger partial charge in [-0.1, -0.05) is 6.92 Å². The van der Waals surface area contributed by atoms with Crippen molar-refractivity contribution < 1.29 is 33.4 Å². The summed E-state index contributed by atoms with van der Waals surface area (Å²) >= 11 is 0. The highest BCUT2D eigenvalue weighted by atomic mass is 16.5. The van der Waals surface area contributed by atoms with Gasteiger partial charge >= 0.3 is 17.9 Å². The fourth-order valence-electron chi connectivity index (χ4n) is 4.16. The number of hydrogen-bond acceptors (Lipinski definition) is 8. The van der Waals surface area contributed by atoms with Gasteiger partial charge in [-0.2, -0.15) is 0 Å². The highest BCUT2D eigenvalue weighted by Crippen LogP contribution is 2.33. The molecule has 0 aromatic rings. The van der Waals surface area contributed by atoms with E-state index in [0.717, 1.165) is 25.7 Å². The van der Waals surface area contributed by atoms with E-state index in [9.17, 15) is 19.2 Å². The Bertz CT molecular complexity index is 771. The first-order chi connectivity index (χ1) is 14.3. The fourth-order valence-corrected chi connectivity index (χ4v) is 4.16. The van der Waals surface area contributed by atoms with Gasteiger partial charge in [0.2, 0.25) is 0 Å². The SMILES string of the molecule is CC[C@@H]1CCCCN1C(=O)COC(=O)[C@@H]1C(C(=O)OC)=C(C)N=C(C)C1C(=O)OC. The normalized spacial score (nSPS) is 24.1. The van der Waals surface area contributed by atoms with Crippen LogP contribution in [0.1, 0.15) is 46.5 Å². The predicted molar refractivity (Wildman–Crippen MR) is 107 cm³/mol. The van der Waals surface area contributed by atoms with Crippen LogP contribution < -0.4 is 0 Å². The number of likely N-dealkylation sites (tertiary alicyclic amines) is 1. The van der Waals surface area contributed by atoms with Crippen molar-refractivity contribution in [2.24, 2.45) is 16.8 Å². The van der Waals surface area contributed by atoms with E-state index < -0.39 is 36.4 Å². The second kappa shape index (κ2) is 10.4. The number of carbonyl (C=O) groups excluding carboxylic acids is 4. The number of aliphatic imine (C=N–C) groups is 1. The summed E-state index contributed by atoms with van der Waals surface area (Å²) < 4.78 is 14.9. The lowest BCUT2D eigenvalue weighted by Gasteiger charge is -2.35. The molecule has 1 saturated heterocycles. The van der Waals surface area contributed by atoms with Crippen LogP contribution in [-0.4, -0.2) is 67.8 Å². The zero-order chi connectivity index (χ0) is 22.4. The van der Waals surface area contributed by atoms with Crippen LogP contribution in [0.3, 0.4) is 0 Å². The van der Waals surface area contributed by atoms with Gasteiger partial charge in [-0.3, -0.25) is 19.4 Å². The van der Waals surface area contributed by atoms with Crippen LogP contribution in [0.4, 0.5) is 0 Å². The molecule has 0 N–H and O–H groups in total. The van der Waals surface area contributed by atoms with Crippen molar-refractivity contribution in [3.63, 3.8) is 0 Å². The van der Waals surface area contributed by atoms with Crippen molar-refractivity contribution in [2.45, 2.75) is 52.5 Å². The number of hydrogen-bond donors (Lipinski definition) is 0. The summed E-state index contributed by atoms with van der Waals surface area (Å²) in [7, 11) is 2.36. The Balaban J connectivity index is 2.24. The van der Waals surface area contributed by atoms with E-state index in [-0.39, 0.29) is 23.2 Å².